The maximum absolute atomic E-state index is 12.4. The second-order valence-electron chi connectivity index (χ2n) is 4.50. The summed E-state index contributed by atoms with van der Waals surface area (Å²) in [4.78, 5) is 3.64. The first kappa shape index (κ1) is 12.4. The van der Waals surface area contributed by atoms with Crippen LogP contribution in [0.4, 0.5) is 13.2 Å². The van der Waals surface area contributed by atoms with E-state index in [0.717, 1.165) is 37.6 Å². The van der Waals surface area contributed by atoms with Gasteiger partial charge in [0.25, 0.3) is 0 Å². The van der Waals surface area contributed by atoms with E-state index in [1.54, 1.807) is 13.0 Å². The fraction of sp³-hybridized carbons (Fsp3) is 0.583. The van der Waals surface area contributed by atoms with Crippen molar-refractivity contribution in [1.29, 1.82) is 0 Å². The van der Waals surface area contributed by atoms with Crippen molar-refractivity contribution in [2.75, 3.05) is 13.1 Å². The topological polar surface area (TPSA) is 24.9 Å². The maximum atomic E-state index is 12.4. The van der Waals surface area contributed by atoms with E-state index >= 15 is 0 Å². The number of alkyl halides is 3. The smallest absolute Gasteiger partial charge is 0.316 e. The highest BCUT2D eigenvalue weighted by molar-refractivity contribution is 5.24. The number of aromatic nitrogens is 1. The monoisotopic (exact) mass is 244 g/mol. The molecule has 0 aliphatic carbocycles. The molecule has 1 fully saturated rings. The van der Waals surface area contributed by atoms with Crippen molar-refractivity contribution in [3.8, 4) is 0 Å². The van der Waals surface area contributed by atoms with Gasteiger partial charge in [-0.1, -0.05) is 6.07 Å². The molecule has 0 radical (unpaired) electrons. The Kier molecular flexibility index (Phi) is 3.38. The third kappa shape index (κ3) is 2.97. The van der Waals surface area contributed by atoms with Gasteiger partial charge in [-0.15, -0.1) is 0 Å². The van der Waals surface area contributed by atoms with Gasteiger partial charge in [0.15, 0.2) is 0 Å². The molecule has 1 aromatic rings. The van der Waals surface area contributed by atoms with Crippen molar-refractivity contribution < 1.29 is 13.2 Å². The zero-order valence-corrected chi connectivity index (χ0v) is 9.64. The Morgan fingerprint density at radius 3 is 2.71 bits per heavy atom. The highest BCUT2D eigenvalue weighted by Crippen LogP contribution is 2.28. The van der Waals surface area contributed by atoms with Crippen LogP contribution in [0.25, 0.3) is 0 Å². The number of nitrogens with one attached hydrogen (secondary N) is 1. The van der Waals surface area contributed by atoms with Gasteiger partial charge in [-0.05, 0) is 50.4 Å². The fourth-order valence-corrected chi connectivity index (χ4v) is 2.16. The highest BCUT2D eigenvalue weighted by atomic mass is 19.4. The van der Waals surface area contributed by atoms with Crippen molar-refractivity contribution in [2.45, 2.75) is 25.9 Å². The van der Waals surface area contributed by atoms with Crippen LogP contribution < -0.4 is 5.32 Å². The molecule has 0 amide bonds. The standard InChI is InChI=1S/C12H15F3N2/c1-8-10(6-9-4-5-16-7-9)2-3-11(17-8)12(13,14)15/h2-3,9,16H,4-7H2,1H3. The van der Waals surface area contributed by atoms with Crippen molar-refractivity contribution >= 4 is 0 Å². The minimum atomic E-state index is -4.35. The Morgan fingerprint density at radius 1 is 1.41 bits per heavy atom. The molecule has 1 unspecified atom stereocenters. The van der Waals surface area contributed by atoms with Crippen LogP contribution in [-0.2, 0) is 12.6 Å². The van der Waals surface area contributed by atoms with Crippen LogP contribution in [0.3, 0.4) is 0 Å². The SMILES string of the molecule is Cc1nc(C(F)(F)F)ccc1CC1CCNC1. The first-order valence-corrected chi connectivity index (χ1v) is 5.71. The van der Waals surface area contributed by atoms with Crippen molar-refractivity contribution in [2.24, 2.45) is 5.92 Å². The van der Waals surface area contributed by atoms with E-state index in [9.17, 15) is 13.2 Å². The molecule has 1 aromatic heterocycles. The average Bonchev–Trinajstić information content (AvgIpc) is 2.72. The average molecular weight is 244 g/mol. The number of nitrogens with zero attached hydrogens (tertiary/aromatic N) is 1. The normalized spacial score (nSPS) is 20.8. The van der Waals surface area contributed by atoms with Crippen LogP contribution >= 0.6 is 0 Å². The largest absolute Gasteiger partial charge is 0.433 e. The quantitative estimate of drug-likeness (QED) is 0.864. The Hall–Kier alpha value is -1.10. The molecule has 5 heteroatoms. The molecule has 1 aliphatic heterocycles. The van der Waals surface area contributed by atoms with Gasteiger partial charge in [0, 0.05) is 5.69 Å². The van der Waals surface area contributed by atoms with E-state index in [2.05, 4.69) is 10.3 Å². The molecular formula is C12H15F3N2. The molecule has 1 saturated heterocycles. The first-order valence-electron chi connectivity index (χ1n) is 5.71. The summed E-state index contributed by atoms with van der Waals surface area (Å²) in [7, 11) is 0. The molecule has 0 spiro atoms. The number of hydrogen-bond donors (Lipinski definition) is 1. The number of pyridine rings is 1. The van der Waals surface area contributed by atoms with E-state index < -0.39 is 11.9 Å². The fourth-order valence-electron chi connectivity index (χ4n) is 2.16. The summed E-state index contributed by atoms with van der Waals surface area (Å²) >= 11 is 0. The minimum Gasteiger partial charge on any atom is -0.316 e. The summed E-state index contributed by atoms with van der Waals surface area (Å²) < 4.78 is 37.3. The molecule has 0 bridgehead atoms. The van der Waals surface area contributed by atoms with Crippen LogP contribution in [0.2, 0.25) is 0 Å². The minimum absolute atomic E-state index is 0.492. The highest BCUT2D eigenvalue weighted by Gasteiger charge is 2.32. The number of hydrogen-bond acceptors (Lipinski definition) is 2. The Bertz CT molecular complexity index is 395. The lowest BCUT2D eigenvalue weighted by Gasteiger charge is -2.12. The zero-order chi connectivity index (χ0) is 12.5. The number of halogens is 3. The molecule has 2 heterocycles. The molecule has 0 aromatic carbocycles. The molecule has 1 N–H and O–H groups in total. The van der Waals surface area contributed by atoms with Gasteiger partial charge in [-0.25, -0.2) is 4.98 Å². The van der Waals surface area contributed by atoms with Crippen molar-refractivity contribution in [1.82, 2.24) is 10.3 Å². The first-order chi connectivity index (χ1) is 7.97. The third-order valence-corrected chi connectivity index (χ3v) is 3.16. The summed E-state index contributed by atoms with van der Waals surface area (Å²) in [5.74, 6) is 0.521. The van der Waals surface area contributed by atoms with E-state index in [4.69, 9.17) is 0 Å². The molecule has 2 rings (SSSR count). The van der Waals surface area contributed by atoms with Crippen LogP contribution in [-0.4, -0.2) is 18.1 Å². The van der Waals surface area contributed by atoms with Gasteiger partial charge < -0.3 is 5.32 Å². The van der Waals surface area contributed by atoms with Crippen LogP contribution in [0, 0.1) is 12.8 Å². The number of rotatable bonds is 2. The van der Waals surface area contributed by atoms with E-state index in [0.29, 0.717) is 11.6 Å². The second kappa shape index (κ2) is 4.64. The zero-order valence-electron chi connectivity index (χ0n) is 9.64. The second-order valence-corrected chi connectivity index (χ2v) is 4.50. The third-order valence-electron chi connectivity index (χ3n) is 3.16. The van der Waals surface area contributed by atoms with Crippen molar-refractivity contribution in [3.63, 3.8) is 0 Å². The number of aryl methyl sites for hydroxylation is 1. The summed E-state index contributed by atoms with van der Waals surface area (Å²) in [6.45, 7) is 3.59. The van der Waals surface area contributed by atoms with Crippen molar-refractivity contribution in [3.05, 3.63) is 29.1 Å². The van der Waals surface area contributed by atoms with Gasteiger partial charge >= 0.3 is 6.18 Å². The Balaban J connectivity index is 2.14. The summed E-state index contributed by atoms with van der Waals surface area (Å²) in [5, 5.41) is 3.25. The van der Waals surface area contributed by atoms with Gasteiger partial charge in [0.2, 0.25) is 0 Å². The van der Waals surface area contributed by atoms with E-state index in [-0.39, 0.29) is 0 Å². The van der Waals surface area contributed by atoms with E-state index in [1.165, 1.54) is 0 Å². The maximum Gasteiger partial charge on any atom is 0.433 e. The molecule has 2 nitrogen and oxygen atoms in total. The summed E-state index contributed by atoms with van der Waals surface area (Å²) in [6.07, 6.45) is -2.46. The summed E-state index contributed by atoms with van der Waals surface area (Å²) in [5.41, 5.74) is 0.613. The predicted octanol–water partition coefficient (Wildman–Crippen LogP) is 2.56. The molecule has 1 aliphatic rings. The van der Waals surface area contributed by atoms with E-state index in [1.807, 2.05) is 0 Å². The Morgan fingerprint density at radius 2 is 2.18 bits per heavy atom. The molecule has 94 valence electrons. The molecule has 0 saturated carbocycles. The van der Waals surface area contributed by atoms with Gasteiger partial charge in [-0.3, -0.25) is 0 Å². The molecule has 1 atom stereocenters. The molecular weight excluding hydrogens is 229 g/mol. The van der Waals surface area contributed by atoms with Gasteiger partial charge in [-0.2, -0.15) is 13.2 Å². The Labute approximate surface area is 98.2 Å². The van der Waals surface area contributed by atoms with Crippen LogP contribution in [0.1, 0.15) is 23.4 Å². The lowest BCUT2D eigenvalue weighted by molar-refractivity contribution is -0.141. The van der Waals surface area contributed by atoms with Gasteiger partial charge in [0.05, 0.1) is 0 Å². The van der Waals surface area contributed by atoms with Crippen LogP contribution in [0.5, 0.6) is 0 Å². The van der Waals surface area contributed by atoms with Gasteiger partial charge in [0.1, 0.15) is 5.69 Å². The lowest BCUT2D eigenvalue weighted by atomic mass is 9.97. The van der Waals surface area contributed by atoms with Crippen LogP contribution in [0.15, 0.2) is 12.1 Å². The lowest BCUT2D eigenvalue weighted by Crippen LogP contribution is -2.13. The predicted molar refractivity (Wildman–Crippen MR) is 58.7 cm³/mol. The molecule has 17 heavy (non-hydrogen) atoms. The summed E-state index contributed by atoms with van der Waals surface area (Å²) in [6, 6.07) is 2.63.